The van der Waals surface area contributed by atoms with E-state index in [-0.39, 0.29) is 32.3 Å². The number of hydroxylamine groups is 2. The van der Waals surface area contributed by atoms with Gasteiger partial charge in [-0.2, -0.15) is 5.06 Å². The van der Waals surface area contributed by atoms with Crippen LogP contribution in [0.25, 0.3) is 0 Å². The Balaban J connectivity index is 1.86. The van der Waals surface area contributed by atoms with Crippen LogP contribution in [0.15, 0.2) is 30.3 Å². The summed E-state index contributed by atoms with van der Waals surface area (Å²) < 4.78 is 23.5. The second-order valence-corrected chi connectivity index (χ2v) is 10.7. The number of nitrogens with zero attached hydrogens (tertiary/aromatic N) is 1. The van der Waals surface area contributed by atoms with Gasteiger partial charge < -0.3 is 18.9 Å². The molecule has 8 heteroatoms. The van der Waals surface area contributed by atoms with Gasteiger partial charge in [0.2, 0.25) is 5.41 Å². The first-order chi connectivity index (χ1) is 17.6. The summed E-state index contributed by atoms with van der Waals surface area (Å²) >= 11 is 0. The van der Waals surface area contributed by atoms with Gasteiger partial charge in [-0.3, -0.25) is 14.4 Å². The van der Waals surface area contributed by atoms with Crippen LogP contribution >= 0.6 is 0 Å². The molecule has 8 nitrogen and oxygen atoms in total. The number of rotatable bonds is 10. The second-order valence-electron chi connectivity index (χ2n) is 10.7. The second kappa shape index (κ2) is 11.8. The maximum Gasteiger partial charge on any atom is 0.328 e. The molecule has 2 aliphatic heterocycles. The number of ether oxygens (including phenoxy) is 4. The number of piperidine rings is 1. The summed E-state index contributed by atoms with van der Waals surface area (Å²) in [5, 5.41) is 2.17. The summed E-state index contributed by atoms with van der Waals surface area (Å²) in [5.41, 5.74) is -1.23. The molecule has 208 valence electrons. The molecule has 2 saturated heterocycles. The molecule has 0 aromatic heterocycles. The van der Waals surface area contributed by atoms with E-state index in [1.165, 1.54) is 5.56 Å². The lowest BCUT2D eigenvalue weighted by atomic mass is 9.66. The van der Waals surface area contributed by atoms with Crippen molar-refractivity contribution in [2.24, 2.45) is 11.3 Å². The van der Waals surface area contributed by atoms with Gasteiger partial charge in [-0.1, -0.05) is 51.1 Å². The zero-order valence-corrected chi connectivity index (χ0v) is 23.6. The van der Waals surface area contributed by atoms with Gasteiger partial charge in [-0.25, -0.2) is 0 Å². The Morgan fingerprint density at radius 3 is 2.00 bits per heavy atom. The molecule has 0 radical (unpaired) electrons. The predicted molar refractivity (Wildman–Crippen MR) is 139 cm³/mol. The van der Waals surface area contributed by atoms with Crippen LogP contribution in [0.4, 0.5) is 0 Å². The van der Waals surface area contributed by atoms with Crippen molar-refractivity contribution in [3.63, 3.8) is 0 Å². The number of hydrogen-bond donors (Lipinski definition) is 0. The lowest BCUT2D eigenvalue weighted by Crippen LogP contribution is -2.74. The lowest BCUT2D eigenvalue weighted by Gasteiger charge is -2.64. The van der Waals surface area contributed by atoms with E-state index >= 15 is 0 Å². The van der Waals surface area contributed by atoms with Crippen molar-refractivity contribution in [2.75, 3.05) is 33.0 Å². The van der Waals surface area contributed by atoms with Gasteiger partial charge in [0.05, 0.1) is 38.6 Å². The smallest absolute Gasteiger partial charge is 0.328 e. The van der Waals surface area contributed by atoms with Crippen molar-refractivity contribution in [3.05, 3.63) is 35.9 Å². The number of carbonyl (C=O) groups is 2. The largest absolute Gasteiger partial charge is 0.465 e. The fourth-order valence-corrected chi connectivity index (χ4v) is 5.73. The van der Waals surface area contributed by atoms with Gasteiger partial charge in [0.15, 0.2) is 5.79 Å². The lowest BCUT2D eigenvalue weighted by molar-refractivity contribution is -0.406. The van der Waals surface area contributed by atoms with E-state index in [9.17, 15) is 9.59 Å². The molecule has 1 aromatic rings. The molecule has 0 amide bonds. The van der Waals surface area contributed by atoms with E-state index in [0.29, 0.717) is 13.0 Å². The molecule has 1 aromatic carbocycles. The molecular formula is C29H45NO7. The van der Waals surface area contributed by atoms with Crippen LogP contribution in [0, 0.1) is 11.3 Å². The maximum atomic E-state index is 12.9. The van der Waals surface area contributed by atoms with Crippen LogP contribution in [0.3, 0.4) is 0 Å². The van der Waals surface area contributed by atoms with E-state index in [1.807, 2.05) is 18.2 Å². The summed E-state index contributed by atoms with van der Waals surface area (Å²) in [5.74, 6) is -2.45. The highest BCUT2D eigenvalue weighted by atomic mass is 16.7. The number of benzene rings is 1. The molecule has 0 saturated carbocycles. The minimum atomic E-state index is -1.63. The van der Waals surface area contributed by atoms with Crippen LogP contribution < -0.4 is 0 Å². The fraction of sp³-hybridized carbons (Fsp3) is 0.724. The van der Waals surface area contributed by atoms with Gasteiger partial charge in [-0.05, 0) is 52.5 Å². The highest BCUT2D eigenvalue weighted by Crippen LogP contribution is 2.54. The molecule has 3 rings (SSSR count). The number of hydrogen-bond acceptors (Lipinski definition) is 8. The Bertz CT molecular complexity index is 894. The number of esters is 2. The minimum Gasteiger partial charge on any atom is -0.465 e. The average molecular weight is 520 g/mol. The molecule has 0 N–H and O–H groups in total. The Labute approximate surface area is 221 Å². The van der Waals surface area contributed by atoms with E-state index in [4.69, 9.17) is 23.8 Å². The summed E-state index contributed by atoms with van der Waals surface area (Å²) in [7, 11) is 0. The maximum absolute atomic E-state index is 12.9. The normalized spacial score (nSPS) is 29.1. The zero-order chi connectivity index (χ0) is 27.3. The Kier molecular flexibility index (Phi) is 9.43. The average Bonchev–Trinajstić information content (AvgIpc) is 2.91. The van der Waals surface area contributed by atoms with Crippen molar-refractivity contribution in [2.45, 2.75) is 91.0 Å². The first kappa shape index (κ1) is 29.6. The van der Waals surface area contributed by atoms with Gasteiger partial charge in [-0.15, -0.1) is 0 Å². The molecule has 0 aliphatic carbocycles. The molecule has 3 atom stereocenters. The van der Waals surface area contributed by atoms with E-state index < -0.39 is 34.2 Å². The monoisotopic (exact) mass is 519 g/mol. The van der Waals surface area contributed by atoms with E-state index in [1.54, 1.807) is 13.8 Å². The molecular weight excluding hydrogens is 474 g/mol. The van der Waals surface area contributed by atoms with Gasteiger partial charge >= 0.3 is 11.9 Å². The van der Waals surface area contributed by atoms with Gasteiger partial charge in [0, 0.05) is 17.9 Å². The van der Waals surface area contributed by atoms with Crippen molar-refractivity contribution >= 4 is 11.9 Å². The van der Waals surface area contributed by atoms with Crippen molar-refractivity contribution in [3.8, 4) is 0 Å². The van der Waals surface area contributed by atoms with Crippen LogP contribution in [0.2, 0.25) is 0 Å². The van der Waals surface area contributed by atoms with Gasteiger partial charge in [0.25, 0.3) is 0 Å². The molecule has 37 heavy (non-hydrogen) atoms. The fourth-order valence-electron chi connectivity index (χ4n) is 5.73. The summed E-state index contributed by atoms with van der Waals surface area (Å²) in [6, 6.07) is 10.3. The van der Waals surface area contributed by atoms with Crippen LogP contribution in [-0.2, 0) is 39.8 Å². The Hall–Kier alpha value is -2.00. The standard InChI is InChI=1S/C29H45NO7/c1-8-26(6)19-29(35-20-28(21-36-29,24(31)33-10-3)25(32)34-11-4)22(5)27(7,9-2)30(26)37-18-17-23-15-13-12-14-16-23/h12-16,22H,8-11,17-21H2,1-7H3. The predicted octanol–water partition coefficient (Wildman–Crippen LogP) is 4.70. The van der Waals surface area contributed by atoms with Crippen molar-refractivity contribution in [1.29, 1.82) is 0 Å². The first-order valence-electron chi connectivity index (χ1n) is 13.7. The summed E-state index contributed by atoms with van der Waals surface area (Å²) in [4.78, 5) is 32.4. The van der Waals surface area contributed by atoms with Crippen LogP contribution in [0.1, 0.15) is 73.3 Å². The third kappa shape index (κ3) is 5.44. The van der Waals surface area contributed by atoms with Crippen LogP contribution in [0.5, 0.6) is 0 Å². The summed E-state index contributed by atoms with van der Waals surface area (Å²) in [6.07, 6.45) is 2.94. The Morgan fingerprint density at radius 1 is 0.946 bits per heavy atom. The molecule has 1 spiro atoms. The zero-order valence-electron chi connectivity index (χ0n) is 23.6. The van der Waals surface area contributed by atoms with Gasteiger partial charge in [0.1, 0.15) is 0 Å². The minimum absolute atomic E-state index is 0.122. The Morgan fingerprint density at radius 2 is 1.51 bits per heavy atom. The SMILES string of the molecule is CCOC(=O)C1(C(=O)OCC)COC2(CC(C)(CC)N(OCCc3ccccc3)C(C)(CC)C2C)OC1. The molecule has 2 heterocycles. The van der Waals surface area contributed by atoms with E-state index in [2.05, 4.69) is 51.8 Å². The molecule has 3 unspecified atom stereocenters. The van der Waals surface area contributed by atoms with Crippen LogP contribution in [-0.4, -0.2) is 66.9 Å². The summed E-state index contributed by atoms with van der Waals surface area (Å²) in [6.45, 7) is 14.7. The van der Waals surface area contributed by atoms with Crippen molar-refractivity contribution in [1.82, 2.24) is 5.06 Å². The van der Waals surface area contributed by atoms with E-state index in [0.717, 1.165) is 19.3 Å². The topological polar surface area (TPSA) is 83.5 Å². The highest BCUT2D eigenvalue weighted by molar-refractivity contribution is 6.00. The quantitative estimate of drug-likeness (QED) is 0.325. The first-order valence-corrected chi connectivity index (χ1v) is 13.7. The highest BCUT2D eigenvalue weighted by Gasteiger charge is 2.66. The molecule has 0 bridgehead atoms. The molecule has 2 fully saturated rings. The third-order valence-corrected chi connectivity index (χ3v) is 8.56. The van der Waals surface area contributed by atoms with Crippen molar-refractivity contribution < 1.29 is 33.4 Å². The third-order valence-electron chi connectivity index (χ3n) is 8.56. The molecule has 2 aliphatic rings. The number of carbonyl (C=O) groups excluding carboxylic acids is 2.